The average Bonchev–Trinajstić information content (AvgIpc) is 3.28. The molecule has 0 atom stereocenters. The Balaban J connectivity index is 1.62. The van der Waals surface area contributed by atoms with Crippen molar-refractivity contribution >= 4 is 45.7 Å². The summed E-state index contributed by atoms with van der Waals surface area (Å²) < 4.78 is 15.0. The first-order valence-electron chi connectivity index (χ1n) is 7.37. The van der Waals surface area contributed by atoms with E-state index in [9.17, 15) is 4.79 Å². The molecule has 0 saturated heterocycles. The number of carbonyl (C=O) groups is 1. The molecule has 0 aliphatic rings. The Morgan fingerprint density at radius 3 is 2.50 bits per heavy atom. The highest BCUT2D eigenvalue weighted by Crippen LogP contribution is 2.31. The minimum absolute atomic E-state index is 0.275. The van der Waals surface area contributed by atoms with E-state index in [0.29, 0.717) is 21.5 Å². The van der Waals surface area contributed by atoms with Gasteiger partial charge < -0.3 is 9.47 Å². The summed E-state index contributed by atoms with van der Waals surface area (Å²) in [6.07, 6.45) is 0. The molecule has 0 fully saturated rings. The van der Waals surface area contributed by atoms with E-state index in [-0.39, 0.29) is 5.91 Å². The van der Waals surface area contributed by atoms with Crippen LogP contribution in [0.1, 0.15) is 20.9 Å². The van der Waals surface area contributed by atoms with Gasteiger partial charge in [0.1, 0.15) is 16.4 Å². The van der Waals surface area contributed by atoms with Gasteiger partial charge in [0.2, 0.25) is 5.13 Å². The second-order valence-electron chi connectivity index (χ2n) is 5.02. The van der Waals surface area contributed by atoms with Gasteiger partial charge >= 0.3 is 0 Å². The van der Waals surface area contributed by atoms with Crippen LogP contribution < -0.4 is 14.8 Å². The van der Waals surface area contributed by atoms with Crippen molar-refractivity contribution in [1.82, 2.24) is 19.8 Å². The van der Waals surface area contributed by atoms with Crippen LogP contribution in [0, 0.1) is 6.92 Å². The maximum Gasteiger partial charge on any atom is 0.271 e. The van der Waals surface area contributed by atoms with Crippen LogP contribution in [0.5, 0.6) is 11.5 Å². The molecule has 0 unspecified atom stereocenters. The van der Waals surface area contributed by atoms with Crippen LogP contribution in [0.25, 0.3) is 0 Å². The molecular formula is C15H15N5O3S3. The molecule has 2 heterocycles. The third-order valence-electron chi connectivity index (χ3n) is 3.26. The van der Waals surface area contributed by atoms with Crippen molar-refractivity contribution in [2.45, 2.75) is 17.0 Å². The van der Waals surface area contributed by atoms with Gasteiger partial charge in [-0.2, -0.15) is 0 Å². The minimum atomic E-state index is -0.275. The number of benzene rings is 1. The molecule has 136 valence electrons. The number of amides is 1. The molecule has 0 bridgehead atoms. The van der Waals surface area contributed by atoms with Crippen molar-refractivity contribution in [3.05, 3.63) is 34.3 Å². The van der Waals surface area contributed by atoms with Crippen molar-refractivity contribution < 1.29 is 14.3 Å². The topological polar surface area (TPSA) is 99.1 Å². The van der Waals surface area contributed by atoms with E-state index in [1.807, 2.05) is 18.2 Å². The predicted molar refractivity (Wildman–Crippen MR) is 102 cm³/mol. The molecule has 0 saturated carbocycles. The van der Waals surface area contributed by atoms with Gasteiger partial charge in [0.25, 0.3) is 5.91 Å². The van der Waals surface area contributed by atoms with Crippen molar-refractivity contribution in [3.63, 3.8) is 0 Å². The lowest BCUT2D eigenvalue weighted by molar-refractivity contribution is 0.102. The summed E-state index contributed by atoms with van der Waals surface area (Å²) in [5.74, 6) is 1.87. The molecule has 1 N–H and O–H groups in total. The molecule has 3 rings (SSSR count). The van der Waals surface area contributed by atoms with Gasteiger partial charge in [0, 0.05) is 11.8 Å². The summed E-state index contributed by atoms with van der Waals surface area (Å²) in [4.78, 5) is 12.6. The normalized spacial score (nSPS) is 10.6. The highest BCUT2D eigenvalue weighted by molar-refractivity contribution is 8.00. The van der Waals surface area contributed by atoms with Crippen LogP contribution in [0.15, 0.2) is 22.5 Å². The van der Waals surface area contributed by atoms with Gasteiger partial charge in [0.15, 0.2) is 4.34 Å². The van der Waals surface area contributed by atoms with Crippen LogP contribution >= 0.6 is 34.6 Å². The van der Waals surface area contributed by atoms with Crippen LogP contribution in [-0.4, -0.2) is 39.9 Å². The summed E-state index contributed by atoms with van der Waals surface area (Å²) in [7, 11) is 3.23. The molecule has 2 aromatic heterocycles. The largest absolute Gasteiger partial charge is 0.497 e. The lowest BCUT2D eigenvalue weighted by Gasteiger charge is -2.07. The second kappa shape index (κ2) is 8.43. The summed E-state index contributed by atoms with van der Waals surface area (Å²) >= 11 is 3.89. The van der Waals surface area contributed by atoms with E-state index in [4.69, 9.17) is 9.47 Å². The molecule has 1 amide bonds. The Kier molecular flexibility index (Phi) is 6.01. The number of aromatic nitrogens is 4. The van der Waals surface area contributed by atoms with Crippen molar-refractivity contribution in [2.75, 3.05) is 19.5 Å². The van der Waals surface area contributed by atoms with Gasteiger partial charge in [-0.1, -0.05) is 27.6 Å². The highest BCUT2D eigenvalue weighted by Gasteiger charge is 2.15. The fourth-order valence-corrected chi connectivity index (χ4v) is 4.24. The number of methoxy groups -OCH3 is 2. The third-order valence-corrected chi connectivity index (χ3v) is 6.13. The van der Waals surface area contributed by atoms with Crippen LogP contribution in [-0.2, 0) is 5.75 Å². The number of rotatable bonds is 7. The summed E-state index contributed by atoms with van der Waals surface area (Å²) in [6, 6.07) is 5.71. The maximum absolute atomic E-state index is 12.1. The molecule has 0 radical (unpaired) electrons. The SMILES string of the molecule is COc1cc(CSc2nnc(NC(=O)c3snnc3C)s2)cc(OC)c1. The quantitative estimate of drug-likeness (QED) is 0.469. The van der Waals surface area contributed by atoms with E-state index in [1.54, 1.807) is 21.1 Å². The number of hydrogen-bond acceptors (Lipinski definition) is 10. The molecule has 0 aliphatic heterocycles. The molecule has 26 heavy (non-hydrogen) atoms. The van der Waals surface area contributed by atoms with Gasteiger partial charge in [-0.25, -0.2) is 0 Å². The summed E-state index contributed by atoms with van der Waals surface area (Å²) in [5.41, 5.74) is 1.64. The first-order valence-corrected chi connectivity index (χ1v) is 9.95. The zero-order valence-electron chi connectivity index (χ0n) is 14.2. The monoisotopic (exact) mass is 409 g/mol. The molecule has 0 spiro atoms. The molecule has 0 aliphatic carbocycles. The number of thioether (sulfide) groups is 1. The molecule has 1 aromatic carbocycles. The van der Waals surface area contributed by atoms with Crippen LogP contribution in [0.3, 0.4) is 0 Å². The van der Waals surface area contributed by atoms with Crippen LogP contribution in [0.2, 0.25) is 0 Å². The Morgan fingerprint density at radius 1 is 1.15 bits per heavy atom. The van der Waals surface area contributed by atoms with Crippen molar-refractivity contribution in [2.24, 2.45) is 0 Å². The van der Waals surface area contributed by atoms with E-state index in [0.717, 1.165) is 32.9 Å². The predicted octanol–water partition coefficient (Wildman–Crippen LogP) is 3.26. The maximum atomic E-state index is 12.1. The fraction of sp³-hybridized carbons (Fsp3) is 0.267. The molecule has 3 aromatic rings. The number of carbonyl (C=O) groups excluding carboxylic acids is 1. The standard InChI is InChI=1S/C15H15N5O3S3/c1-8-12(26-20-17-8)13(21)16-14-18-19-15(25-14)24-7-9-4-10(22-2)6-11(5-9)23-3/h4-6H,7H2,1-3H3,(H,16,18,21). The minimum Gasteiger partial charge on any atom is -0.497 e. The molecule has 11 heteroatoms. The molecule has 8 nitrogen and oxygen atoms in total. The smallest absolute Gasteiger partial charge is 0.271 e. The highest BCUT2D eigenvalue weighted by atomic mass is 32.2. The number of ether oxygens (including phenoxy) is 2. The molecular weight excluding hydrogens is 394 g/mol. The first-order chi connectivity index (χ1) is 12.6. The third kappa shape index (κ3) is 4.48. The Bertz CT molecular complexity index is 889. The number of hydrogen-bond donors (Lipinski definition) is 1. The van der Waals surface area contributed by atoms with Gasteiger partial charge in [-0.3, -0.25) is 10.1 Å². The Morgan fingerprint density at radius 2 is 1.88 bits per heavy atom. The lowest BCUT2D eigenvalue weighted by atomic mass is 10.2. The van der Waals surface area contributed by atoms with Crippen molar-refractivity contribution in [3.8, 4) is 11.5 Å². The van der Waals surface area contributed by atoms with Gasteiger partial charge in [-0.05, 0) is 36.2 Å². The first kappa shape index (κ1) is 18.5. The number of nitrogens with one attached hydrogen (secondary N) is 1. The van der Waals surface area contributed by atoms with E-state index in [1.165, 1.54) is 23.1 Å². The second-order valence-corrected chi connectivity index (χ2v) is 7.98. The zero-order valence-corrected chi connectivity index (χ0v) is 16.6. The number of nitrogens with zero attached hydrogens (tertiary/aromatic N) is 4. The van der Waals surface area contributed by atoms with Crippen LogP contribution in [0.4, 0.5) is 5.13 Å². The lowest BCUT2D eigenvalue weighted by Crippen LogP contribution is -2.11. The summed E-state index contributed by atoms with van der Waals surface area (Å²) in [6.45, 7) is 1.74. The van der Waals surface area contributed by atoms with E-state index in [2.05, 4.69) is 25.1 Å². The van der Waals surface area contributed by atoms with E-state index < -0.39 is 0 Å². The summed E-state index contributed by atoms with van der Waals surface area (Å²) in [5, 5.41) is 15.1. The fourth-order valence-electron chi connectivity index (χ4n) is 2.01. The Labute approximate surface area is 162 Å². The van der Waals surface area contributed by atoms with Gasteiger partial charge in [0.05, 0.1) is 19.9 Å². The number of anilines is 1. The Hall–Kier alpha value is -2.24. The van der Waals surface area contributed by atoms with E-state index >= 15 is 0 Å². The van der Waals surface area contributed by atoms with Crippen molar-refractivity contribution in [1.29, 1.82) is 0 Å². The zero-order chi connectivity index (χ0) is 18.5. The number of aryl methyl sites for hydroxylation is 1. The average molecular weight is 410 g/mol. The van der Waals surface area contributed by atoms with Gasteiger partial charge in [-0.15, -0.1) is 15.3 Å².